The number of pyridine rings is 1. The highest BCUT2D eigenvalue weighted by molar-refractivity contribution is 7.14. The van der Waals surface area contributed by atoms with Gasteiger partial charge in [-0.2, -0.15) is 0 Å². The molecule has 0 aromatic carbocycles. The lowest BCUT2D eigenvalue weighted by molar-refractivity contribution is 0.737. The maximum Gasteiger partial charge on any atom is 0.188 e. The van der Waals surface area contributed by atoms with Crippen molar-refractivity contribution < 1.29 is 0 Å². The quantitative estimate of drug-likeness (QED) is 0.900. The number of hydrogen-bond acceptors (Lipinski definition) is 5. The van der Waals surface area contributed by atoms with Crippen LogP contribution in [-0.4, -0.2) is 22.3 Å². The van der Waals surface area contributed by atoms with E-state index in [9.17, 15) is 0 Å². The van der Waals surface area contributed by atoms with E-state index in [4.69, 9.17) is 0 Å². The fraction of sp³-hybridized carbons (Fsp3) is 0.308. The van der Waals surface area contributed by atoms with Gasteiger partial charge in [-0.1, -0.05) is 6.07 Å². The number of amidine groups is 1. The summed E-state index contributed by atoms with van der Waals surface area (Å²) in [6, 6.07) is 5.85. The van der Waals surface area contributed by atoms with Crippen LogP contribution in [0.3, 0.4) is 0 Å². The fourth-order valence-electron chi connectivity index (χ4n) is 1.89. The summed E-state index contributed by atoms with van der Waals surface area (Å²) >= 11 is 1.59. The predicted molar refractivity (Wildman–Crippen MR) is 75.1 cm³/mol. The van der Waals surface area contributed by atoms with Gasteiger partial charge in [0.25, 0.3) is 0 Å². The van der Waals surface area contributed by atoms with Crippen LogP contribution >= 0.6 is 11.3 Å². The molecule has 4 nitrogen and oxygen atoms in total. The highest BCUT2D eigenvalue weighted by Gasteiger charge is 2.09. The number of thiazole rings is 1. The van der Waals surface area contributed by atoms with E-state index < -0.39 is 0 Å². The zero-order valence-electron chi connectivity index (χ0n) is 9.97. The molecule has 2 aromatic rings. The smallest absolute Gasteiger partial charge is 0.188 e. The van der Waals surface area contributed by atoms with Gasteiger partial charge < -0.3 is 5.32 Å². The van der Waals surface area contributed by atoms with Crippen molar-refractivity contribution in [3.63, 3.8) is 0 Å². The molecule has 0 spiro atoms. The number of nitrogens with one attached hydrogen (secondary N) is 1. The number of aromatic nitrogens is 2. The number of nitrogens with zero attached hydrogens (tertiary/aromatic N) is 3. The van der Waals surface area contributed by atoms with E-state index in [2.05, 4.69) is 20.3 Å². The van der Waals surface area contributed by atoms with E-state index in [1.807, 2.05) is 23.6 Å². The molecule has 3 rings (SSSR count). The van der Waals surface area contributed by atoms with Crippen molar-refractivity contribution in [2.45, 2.75) is 19.3 Å². The average molecular weight is 258 g/mol. The van der Waals surface area contributed by atoms with Gasteiger partial charge in [-0.25, -0.2) is 4.98 Å². The molecule has 1 aliphatic rings. The van der Waals surface area contributed by atoms with Gasteiger partial charge in [0.1, 0.15) is 11.5 Å². The Morgan fingerprint density at radius 2 is 2.17 bits per heavy atom. The molecule has 3 heterocycles. The Morgan fingerprint density at radius 3 is 2.94 bits per heavy atom. The summed E-state index contributed by atoms with van der Waals surface area (Å²) in [6.07, 6.45) is 5.22. The lowest BCUT2D eigenvalue weighted by Gasteiger charge is -2.11. The zero-order valence-corrected chi connectivity index (χ0v) is 10.8. The van der Waals surface area contributed by atoms with Crippen molar-refractivity contribution in [3.8, 4) is 11.4 Å². The van der Waals surface area contributed by atoms with E-state index in [1.54, 1.807) is 17.5 Å². The highest BCUT2D eigenvalue weighted by Crippen LogP contribution is 2.23. The van der Waals surface area contributed by atoms with Crippen LogP contribution in [0.1, 0.15) is 19.3 Å². The predicted octanol–water partition coefficient (Wildman–Crippen LogP) is 3.20. The molecule has 0 amide bonds. The summed E-state index contributed by atoms with van der Waals surface area (Å²) in [5.74, 6) is 1.06. The first-order chi connectivity index (χ1) is 8.92. The van der Waals surface area contributed by atoms with Crippen LogP contribution < -0.4 is 5.32 Å². The van der Waals surface area contributed by atoms with Crippen LogP contribution in [0.2, 0.25) is 0 Å². The Bertz CT molecular complexity index is 547. The van der Waals surface area contributed by atoms with Gasteiger partial charge in [0.15, 0.2) is 5.13 Å². The van der Waals surface area contributed by atoms with Crippen molar-refractivity contribution in [2.24, 2.45) is 4.99 Å². The normalized spacial score (nSPS) is 15.2. The number of aliphatic imine (C=N–C) groups is 1. The summed E-state index contributed by atoms with van der Waals surface area (Å²) in [4.78, 5) is 13.3. The molecule has 18 heavy (non-hydrogen) atoms. The number of rotatable bonds is 2. The van der Waals surface area contributed by atoms with E-state index in [0.29, 0.717) is 0 Å². The third-order valence-corrected chi connectivity index (χ3v) is 3.56. The van der Waals surface area contributed by atoms with Gasteiger partial charge in [-0.05, 0) is 25.0 Å². The first-order valence-corrected chi connectivity index (χ1v) is 6.97. The summed E-state index contributed by atoms with van der Waals surface area (Å²) in [5, 5.41) is 6.22. The van der Waals surface area contributed by atoms with Crippen molar-refractivity contribution in [3.05, 3.63) is 29.8 Å². The van der Waals surface area contributed by atoms with Gasteiger partial charge in [0.05, 0.1) is 5.69 Å². The van der Waals surface area contributed by atoms with Gasteiger partial charge in [-0.15, -0.1) is 11.3 Å². The summed E-state index contributed by atoms with van der Waals surface area (Å²) in [7, 11) is 0. The molecule has 0 aliphatic carbocycles. The van der Waals surface area contributed by atoms with Crippen LogP contribution in [0.5, 0.6) is 0 Å². The second-order valence-corrected chi connectivity index (χ2v) is 5.02. The van der Waals surface area contributed by atoms with Crippen LogP contribution in [0, 0.1) is 0 Å². The Morgan fingerprint density at radius 1 is 1.17 bits per heavy atom. The summed E-state index contributed by atoms with van der Waals surface area (Å²) in [6.45, 7) is 0.931. The molecule has 0 saturated heterocycles. The minimum absolute atomic E-state index is 0.899. The molecule has 2 aromatic heterocycles. The minimum atomic E-state index is 0.899. The van der Waals surface area contributed by atoms with Crippen molar-refractivity contribution >= 4 is 22.3 Å². The number of anilines is 1. The SMILES string of the molecule is c1ccc(-c2csc(NC3=NCCCC3)n2)nc1. The molecule has 0 saturated carbocycles. The monoisotopic (exact) mass is 258 g/mol. The van der Waals surface area contributed by atoms with Gasteiger partial charge >= 0.3 is 0 Å². The van der Waals surface area contributed by atoms with E-state index >= 15 is 0 Å². The largest absolute Gasteiger partial charge is 0.320 e. The van der Waals surface area contributed by atoms with Crippen molar-refractivity contribution in [1.82, 2.24) is 9.97 Å². The van der Waals surface area contributed by atoms with Crippen molar-refractivity contribution in [2.75, 3.05) is 11.9 Å². The Labute approximate surface area is 110 Å². The zero-order chi connectivity index (χ0) is 12.2. The maximum atomic E-state index is 4.54. The second-order valence-electron chi connectivity index (χ2n) is 4.16. The Balaban J connectivity index is 1.75. The summed E-state index contributed by atoms with van der Waals surface area (Å²) in [5.41, 5.74) is 1.83. The first kappa shape index (κ1) is 11.3. The summed E-state index contributed by atoms with van der Waals surface area (Å²) < 4.78 is 0. The molecule has 0 atom stereocenters. The molecule has 0 unspecified atom stereocenters. The first-order valence-electron chi connectivity index (χ1n) is 6.09. The van der Waals surface area contributed by atoms with Crippen molar-refractivity contribution in [1.29, 1.82) is 0 Å². The maximum absolute atomic E-state index is 4.54. The van der Waals surface area contributed by atoms with Crippen LogP contribution in [0.15, 0.2) is 34.8 Å². The third-order valence-electron chi connectivity index (χ3n) is 2.81. The molecule has 0 fully saturated rings. The molecular formula is C13H14N4S. The lowest BCUT2D eigenvalue weighted by Crippen LogP contribution is -2.15. The van der Waals surface area contributed by atoms with E-state index in [0.717, 1.165) is 35.3 Å². The Kier molecular flexibility index (Phi) is 3.32. The third kappa shape index (κ3) is 2.56. The highest BCUT2D eigenvalue weighted by atomic mass is 32.1. The van der Waals surface area contributed by atoms with Gasteiger partial charge in [0.2, 0.25) is 0 Å². The van der Waals surface area contributed by atoms with Crippen LogP contribution in [0.4, 0.5) is 5.13 Å². The molecule has 0 radical (unpaired) electrons. The molecule has 1 N–H and O–H groups in total. The molecule has 0 bridgehead atoms. The van der Waals surface area contributed by atoms with Gasteiger partial charge in [0, 0.05) is 24.5 Å². The van der Waals surface area contributed by atoms with E-state index in [1.165, 1.54) is 12.8 Å². The standard InChI is InChI=1S/C13H14N4S/c1-3-7-14-10(5-1)11-9-18-13(16-11)17-12-6-2-4-8-15-12/h1,3,5,7,9H,2,4,6,8H2,(H,15,16,17). The van der Waals surface area contributed by atoms with Crippen LogP contribution in [-0.2, 0) is 0 Å². The fourth-order valence-corrected chi connectivity index (χ4v) is 2.61. The topological polar surface area (TPSA) is 50.2 Å². The number of hydrogen-bond donors (Lipinski definition) is 1. The van der Waals surface area contributed by atoms with Gasteiger partial charge in [-0.3, -0.25) is 9.98 Å². The van der Waals surface area contributed by atoms with E-state index in [-0.39, 0.29) is 0 Å². The molecule has 1 aliphatic heterocycles. The molecular weight excluding hydrogens is 244 g/mol. The van der Waals surface area contributed by atoms with Crippen LogP contribution in [0.25, 0.3) is 11.4 Å². The minimum Gasteiger partial charge on any atom is -0.320 e. The Hall–Kier alpha value is -1.75. The average Bonchev–Trinajstić information content (AvgIpc) is 2.89. The lowest BCUT2D eigenvalue weighted by atomic mass is 10.2. The second kappa shape index (κ2) is 5.27. The molecule has 92 valence electrons. The molecule has 5 heteroatoms.